The first-order chi connectivity index (χ1) is 9.79. The maximum atomic E-state index is 12.0. The zero-order valence-corrected chi connectivity index (χ0v) is 13.4. The summed E-state index contributed by atoms with van der Waals surface area (Å²) in [4.78, 5) is 24.7. The summed E-state index contributed by atoms with van der Waals surface area (Å²) in [5.74, 6) is 0.245. The van der Waals surface area contributed by atoms with Gasteiger partial charge in [-0.3, -0.25) is 9.69 Å². The fraction of sp³-hybridized carbons (Fsp3) is 0.429. The van der Waals surface area contributed by atoms with Gasteiger partial charge in [0.05, 0.1) is 6.54 Å². The number of rotatable bonds is 5. The highest BCUT2D eigenvalue weighted by atomic mass is 79.9. The van der Waals surface area contributed by atoms with Crippen LogP contribution in [-0.2, 0) is 4.79 Å². The van der Waals surface area contributed by atoms with Crippen molar-refractivity contribution in [3.05, 3.63) is 28.7 Å². The highest BCUT2D eigenvalue weighted by Crippen LogP contribution is 2.19. The van der Waals surface area contributed by atoms with Crippen LogP contribution in [0.1, 0.15) is 13.8 Å². The van der Waals surface area contributed by atoms with Gasteiger partial charge in [-0.25, -0.2) is 4.79 Å². The number of amides is 3. The smallest absolute Gasteiger partial charge is 0.325 e. The van der Waals surface area contributed by atoms with Crippen molar-refractivity contribution in [2.24, 2.45) is 0 Å². The summed E-state index contributed by atoms with van der Waals surface area (Å²) in [6, 6.07) is 6.70. The molecular formula is C14H17BrN2O4. The minimum atomic E-state index is -0.951. The maximum absolute atomic E-state index is 12.0. The van der Waals surface area contributed by atoms with E-state index in [1.165, 1.54) is 0 Å². The van der Waals surface area contributed by atoms with E-state index < -0.39 is 17.7 Å². The molecule has 6 nitrogen and oxygen atoms in total. The molecule has 1 aliphatic rings. The second-order valence-electron chi connectivity index (χ2n) is 5.39. The van der Waals surface area contributed by atoms with Crippen LogP contribution in [0.4, 0.5) is 4.79 Å². The molecule has 1 atom stereocenters. The lowest BCUT2D eigenvalue weighted by atomic mass is 10.1. The topological polar surface area (TPSA) is 78.9 Å². The Morgan fingerprint density at radius 2 is 2.14 bits per heavy atom. The van der Waals surface area contributed by atoms with Crippen molar-refractivity contribution in [1.29, 1.82) is 0 Å². The predicted octanol–water partition coefficient (Wildman–Crippen LogP) is 1.52. The van der Waals surface area contributed by atoms with Gasteiger partial charge in [0.25, 0.3) is 5.91 Å². The van der Waals surface area contributed by atoms with Gasteiger partial charge in [-0.05, 0) is 32.0 Å². The van der Waals surface area contributed by atoms with Crippen molar-refractivity contribution in [2.45, 2.75) is 25.5 Å². The Kier molecular flexibility index (Phi) is 4.53. The molecule has 0 radical (unpaired) electrons. The first-order valence-electron chi connectivity index (χ1n) is 6.50. The molecule has 1 aromatic rings. The van der Waals surface area contributed by atoms with Crippen LogP contribution in [0.25, 0.3) is 0 Å². The van der Waals surface area contributed by atoms with E-state index in [0.717, 1.165) is 9.37 Å². The molecule has 1 aromatic carbocycles. The van der Waals surface area contributed by atoms with Crippen LogP contribution in [0.2, 0.25) is 0 Å². The van der Waals surface area contributed by atoms with Crippen molar-refractivity contribution in [3.8, 4) is 5.75 Å². The first-order valence-corrected chi connectivity index (χ1v) is 7.29. The highest BCUT2D eigenvalue weighted by molar-refractivity contribution is 9.10. The van der Waals surface area contributed by atoms with Crippen molar-refractivity contribution < 1.29 is 19.4 Å². The van der Waals surface area contributed by atoms with E-state index in [9.17, 15) is 14.7 Å². The van der Waals surface area contributed by atoms with Gasteiger partial charge in [0.2, 0.25) is 0 Å². The Morgan fingerprint density at radius 1 is 1.43 bits per heavy atom. The van der Waals surface area contributed by atoms with Crippen LogP contribution in [0.3, 0.4) is 0 Å². The summed E-state index contributed by atoms with van der Waals surface area (Å²) < 4.78 is 6.30. The van der Waals surface area contributed by atoms with E-state index in [2.05, 4.69) is 21.2 Å². The molecule has 1 aliphatic heterocycles. The molecule has 0 spiro atoms. The average molecular weight is 357 g/mol. The number of β-amino-alcohol motifs (C(OH)–C–C–N with tert-alkyl or cyclic N) is 1. The molecule has 0 saturated carbocycles. The molecule has 1 heterocycles. The van der Waals surface area contributed by atoms with Crippen molar-refractivity contribution in [2.75, 3.05) is 13.2 Å². The quantitative estimate of drug-likeness (QED) is 0.784. The summed E-state index contributed by atoms with van der Waals surface area (Å²) in [6.45, 7) is 3.14. The van der Waals surface area contributed by atoms with Crippen molar-refractivity contribution >= 4 is 27.9 Å². The van der Waals surface area contributed by atoms with Crippen LogP contribution in [0.5, 0.6) is 5.75 Å². The molecule has 21 heavy (non-hydrogen) atoms. The third kappa shape index (κ3) is 3.74. The normalized spacial score (nSPS) is 18.6. The van der Waals surface area contributed by atoms with E-state index in [1.54, 1.807) is 26.0 Å². The number of aliphatic hydroxyl groups is 1. The predicted molar refractivity (Wildman–Crippen MR) is 80.0 cm³/mol. The van der Waals surface area contributed by atoms with E-state index in [4.69, 9.17) is 4.74 Å². The van der Waals surface area contributed by atoms with Crippen LogP contribution in [-0.4, -0.2) is 46.7 Å². The monoisotopic (exact) mass is 356 g/mol. The fourth-order valence-electron chi connectivity index (χ4n) is 2.00. The van der Waals surface area contributed by atoms with Gasteiger partial charge in [-0.1, -0.05) is 22.0 Å². The largest absolute Gasteiger partial charge is 0.491 e. The van der Waals surface area contributed by atoms with Crippen molar-refractivity contribution in [3.63, 3.8) is 0 Å². The summed E-state index contributed by atoms with van der Waals surface area (Å²) in [5, 5.41) is 12.5. The number of urea groups is 1. The number of hydrogen-bond acceptors (Lipinski definition) is 4. The molecular weight excluding hydrogens is 340 g/mol. The number of nitrogens with zero attached hydrogens (tertiary/aromatic N) is 1. The van der Waals surface area contributed by atoms with E-state index in [-0.39, 0.29) is 19.1 Å². The zero-order valence-electron chi connectivity index (χ0n) is 11.8. The van der Waals surface area contributed by atoms with E-state index >= 15 is 0 Å². The standard InChI is InChI=1S/C14H17BrN2O4/c1-14(2)12(19)17(13(20)16-14)7-10(18)8-21-11-5-3-4-9(15)6-11/h3-6,10,18H,7-8H2,1-2H3,(H,16,20). The minimum absolute atomic E-state index is 0.00601. The molecule has 2 rings (SSSR count). The molecule has 0 bridgehead atoms. The van der Waals surface area contributed by atoms with Crippen molar-refractivity contribution in [1.82, 2.24) is 10.2 Å². The Labute approximate surface area is 131 Å². The second-order valence-corrected chi connectivity index (χ2v) is 6.31. The molecule has 114 valence electrons. The SMILES string of the molecule is CC1(C)NC(=O)N(CC(O)COc2cccc(Br)c2)C1=O. The molecule has 1 fully saturated rings. The van der Waals surface area contributed by atoms with Crippen LogP contribution >= 0.6 is 15.9 Å². The number of halogens is 1. The van der Waals surface area contributed by atoms with Gasteiger partial charge in [0.1, 0.15) is 24.0 Å². The fourth-order valence-corrected chi connectivity index (χ4v) is 2.37. The number of imide groups is 1. The number of aliphatic hydroxyl groups excluding tert-OH is 1. The molecule has 0 aromatic heterocycles. The lowest BCUT2D eigenvalue weighted by Crippen LogP contribution is -2.42. The minimum Gasteiger partial charge on any atom is -0.491 e. The Morgan fingerprint density at radius 3 is 2.71 bits per heavy atom. The molecule has 1 saturated heterocycles. The molecule has 7 heteroatoms. The number of hydrogen-bond donors (Lipinski definition) is 2. The van der Waals surface area contributed by atoms with Gasteiger partial charge < -0.3 is 15.2 Å². The molecule has 2 N–H and O–H groups in total. The summed E-state index contributed by atoms with van der Waals surface area (Å²) in [6.07, 6.45) is -0.951. The van der Waals surface area contributed by atoms with Gasteiger partial charge in [-0.2, -0.15) is 0 Å². The molecule has 3 amide bonds. The summed E-state index contributed by atoms with van der Waals surface area (Å²) in [5.41, 5.74) is -0.929. The zero-order chi connectivity index (χ0) is 15.6. The first kappa shape index (κ1) is 15.8. The maximum Gasteiger partial charge on any atom is 0.325 e. The number of carbonyl (C=O) groups is 2. The molecule has 1 unspecified atom stereocenters. The average Bonchev–Trinajstić information content (AvgIpc) is 2.59. The lowest BCUT2D eigenvalue weighted by molar-refractivity contribution is -0.131. The van der Waals surface area contributed by atoms with Crippen LogP contribution in [0.15, 0.2) is 28.7 Å². The van der Waals surface area contributed by atoms with E-state index in [1.807, 2.05) is 12.1 Å². The third-order valence-electron chi connectivity index (χ3n) is 3.08. The number of benzene rings is 1. The lowest BCUT2D eigenvalue weighted by Gasteiger charge is -2.19. The van der Waals surface area contributed by atoms with Gasteiger partial charge in [-0.15, -0.1) is 0 Å². The molecule has 0 aliphatic carbocycles. The van der Waals surface area contributed by atoms with Gasteiger partial charge in [0, 0.05) is 4.47 Å². The van der Waals surface area contributed by atoms with Gasteiger partial charge >= 0.3 is 6.03 Å². The second kappa shape index (κ2) is 6.03. The number of ether oxygens (including phenoxy) is 1. The van der Waals surface area contributed by atoms with Crippen LogP contribution in [0, 0.1) is 0 Å². The summed E-state index contributed by atoms with van der Waals surface area (Å²) >= 11 is 3.32. The number of nitrogens with one attached hydrogen (secondary N) is 1. The van der Waals surface area contributed by atoms with E-state index in [0.29, 0.717) is 5.75 Å². The Balaban J connectivity index is 1.89. The Bertz CT molecular complexity index is 562. The summed E-state index contributed by atoms with van der Waals surface area (Å²) in [7, 11) is 0. The third-order valence-corrected chi connectivity index (χ3v) is 3.57. The highest BCUT2D eigenvalue weighted by Gasteiger charge is 2.44. The van der Waals surface area contributed by atoms with Gasteiger partial charge in [0.15, 0.2) is 0 Å². The van der Waals surface area contributed by atoms with Crippen LogP contribution < -0.4 is 10.1 Å². The number of carbonyl (C=O) groups excluding carboxylic acids is 2. The Hall–Kier alpha value is -1.60.